The molecule has 43 heavy (non-hydrogen) atoms. The minimum Gasteiger partial charge on any atom is -0.386 e. The third-order valence-corrected chi connectivity index (χ3v) is 9.78. The molecule has 19 nitrogen and oxygen atoms in total. The summed E-state index contributed by atoms with van der Waals surface area (Å²) in [4.78, 5) is 24.8. The molecule has 0 saturated carbocycles. The van der Waals surface area contributed by atoms with E-state index >= 15 is 0 Å². The Morgan fingerprint density at radius 3 is 2.14 bits per heavy atom. The fourth-order valence-electron chi connectivity index (χ4n) is 5.60. The Kier molecular flexibility index (Phi) is 7.19. The van der Waals surface area contributed by atoms with Crippen molar-refractivity contribution in [2.24, 2.45) is 5.92 Å². The van der Waals surface area contributed by atoms with Crippen molar-refractivity contribution in [3.05, 3.63) is 25.3 Å². The molecular weight excluding hydrogens is 610 g/mol. The molecule has 7 heterocycles. The maximum atomic E-state index is 13.6. The SMILES string of the molecule is C[C@@H]1[C@@H]2O[PH](=O)OC[C@H]3O[C@@H](n4cnc5c(N)ncnc54)[C@H](O)[C@@H]3O[P@@](C)(=O)OC[C@H]2O[C@H]1n1cnc2c(N)ncnc21. The molecule has 4 aromatic heterocycles. The first-order valence-electron chi connectivity index (χ1n) is 13.2. The normalized spacial score (nSPS) is 37.1. The Morgan fingerprint density at radius 2 is 1.49 bits per heavy atom. The summed E-state index contributed by atoms with van der Waals surface area (Å²) < 4.78 is 65.1. The summed E-state index contributed by atoms with van der Waals surface area (Å²) in [7, 11) is -6.98. The maximum Gasteiger partial charge on any atom is 0.328 e. The molecule has 0 amide bonds. The van der Waals surface area contributed by atoms with Crippen molar-refractivity contribution in [2.75, 3.05) is 31.3 Å². The molecule has 3 saturated heterocycles. The molecule has 0 aliphatic carbocycles. The van der Waals surface area contributed by atoms with Crippen LogP contribution in [-0.2, 0) is 36.7 Å². The lowest BCUT2D eigenvalue weighted by Gasteiger charge is -2.27. The van der Waals surface area contributed by atoms with E-state index < -0.39 is 64.7 Å². The van der Waals surface area contributed by atoms with E-state index in [2.05, 4.69) is 29.9 Å². The number of nitrogens with two attached hydrogens (primary N) is 2. The summed E-state index contributed by atoms with van der Waals surface area (Å²) in [6.45, 7) is 2.53. The molecule has 5 N–H and O–H groups in total. The quantitative estimate of drug-likeness (QED) is 0.255. The lowest BCUT2D eigenvalue weighted by Crippen LogP contribution is -2.37. The van der Waals surface area contributed by atoms with Crippen LogP contribution in [0, 0.1) is 5.92 Å². The predicted molar refractivity (Wildman–Crippen MR) is 147 cm³/mol. The maximum absolute atomic E-state index is 13.6. The summed E-state index contributed by atoms with van der Waals surface area (Å²) in [5.41, 5.74) is 13.3. The van der Waals surface area contributed by atoms with Crippen LogP contribution in [0.2, 0.25) is 0 Å². The van der Waals surface area contributed by atoms with Crippen LogP contribution in [0.15, 0.2) is 25.3 Å². The van der Waals surface area contributed by atoms with E-state index in [1.807, 2.05) is 6.92 Å². The second kappa shape index (κ2) is 10.8. The van der Waals surface area contributed by atoms with Gasteiger partial charge in [0, 0.05) is 12.6 Å². The van der Waals surface area contributed by atoms with Gasteiger partial charge < -0.3 is 39.6 Å². The Bertz CT molecular complexity index is 1750. The van der Waals surface area contributed by atoms with Gasteiger partial charge in [0.1, 0.15) is 60.4 Å². The predicted octanol–water partition coefficient (Wildman–Crippen LogP) is 0.652. The summed E-state index contributed by atoms with van der Waals surface area (Å²) in [5, 5.41) is 11.3. The summed E-state index contributed by atoms with van der Waals surface area (Å²) in [6, 6.07) is 0. The average molecular weight is 638 g/mol. The minimum absolute atomic E-state index is 0.146. The Morgan fingerprint density at radius 1 is 0.907 bits per heavy atom. The number of aromatic nitrogens is 8. The molecule has 0 spiro atoms. The smallest absolute Gasteiger partial charge is 0.328 e. The number of aliphatic hydroxyl groups is 1. The molecular formula is C22H28N10O9P2. The highest BCUT2D eigenvalue weighted by Gasteiger charge is 2.51. The van der Waals surface area contributed by atoms with Gasteiger partial charge in [0.25, 0.3) is 0 Å². The molecule has 0 radical (unpaired) electrons. The van der Waals surface area contributed by atoms with Crippen LogP contribution in [0.1, 0.15) is 19.4 Å². The van der Waals surface area contributed by atoms with Crippen molar-refractivity contribution < 1.29 is 41.8 Å². The second-order valence-electron chi connectivity index (χ2n) is 10.4. The van der Waals surface area contributed by atoms with Crippen molar-refractivity contribution in [3.8, 4) is 0 Å². The number of ether oxygens (including phenoxy) is 2. The van der Waals surface area contributed by atoms with E-state index in [4.69, 9.17) is 39.0 Å². The zero-order chi connectivity index (χ0) is 30.0. The number of aliphatic hydroxyl groups excluding tert-OH is 1. The summed E-state index contributed by atoms with van der Waals surface area (Å²) in [5.74, 6) is -0.0586. The van der Waals surface area contributed by atoms with E-state index in [-0.39, 0.29) is 24.8 Å². The molecule has 10 atom stereocenters. The first-order chi connectivity index (χ1) is 20.6. The molecule has 3 aliphatic rings. The van der Waals surface area contributed by atoms with Crippen molar-refractivity contribution in [1.29, 1.82) is 0 Å². The number of nitrogens with zero attached hydrogens (tertiary/aromatic N) is 8. The molecule has 0 aromatic carbocycles. The summed E-state index contributed by atoms with van der Waals surface area (Å²) in [6.07, 6.45) is -1.54. The highest BCUT2D eigenvalue weighted by Crippen LogP contribution is 2.51. The molecule has 1 unspecified atom stereocenters. The molecule has 7 rings (SSSR count). The fraction of sp³-hybridized carbons (Fsp3) is 0.545. The van der Waals surface area contributed by atoms with E-state index in [1.165, 1.54) is 36.5 Å². The zero-order valence-corrected chi connectivity index (χ0v) is 24.6. The van der Waals surface area contributed by atoms with Crippen molar-refractivity contribution in [1.82, 2.24) is 39.0 Å². The van der Waals surface area contributed by atoms with Crippen LogP contribution in [0.3, 0.4) is 0 Å². The Balaban J connectivity index is 1.14. The molecule has 4 aromatic rings. The van der Waals surface area contributed by atoms with E-state index in [0.29, 0.717) is 22.3 Å². The number of nitrogen functional groups attached to an aromatic ring is 2. The van der Waals surface area contributed by atoms with Gasteiger partial charge >= 0.3 is 15.9 Å². The van der Waals surface area contributed by atoms with Gasteiger partial charge in [-0.25, -0.2) is 29.9 Å². The average Bonchev–Trinajstić information content (AvgIpc) is 3.73. The van der Waals surface area contributed by atoms with Crippen LogP contribution in [-0.4, -0.2) is 94.5 Å². The molecule has 3 fully saturated rings. The number of hydrogen-bond donors (Lipinski definition) is 3. The summed E-state index contributed by atoms with van der Waals surface area (Å²) >= 11 is 0. The number of rotatable bonds is 2. The largest absolute Gasteiger partial charge is 0.386 e. The topological polar surface area (TPSA) is 249 Å². The third kappa shape index (κ3) is 5.00. The van der Waals surface area contributed by atoms with Gasteiger partial charge in [-0.05, 0) is 0 Å². The number of anilines is 2. The molecule has 0 bridgehead atoms. The van der Waals surface area contributed by atoms with Gasteiger partial charge in [-0.15, -0.1) is 0 Å². The van der Waals surface area contributed by atoms with Gasteiger partial charge in [0.05, 0.1) is 25.9 Å². The van der Waals surface area contributed by atoms with Gasteiger partial charge in [-0.2, -0.15) is 0 Å². The zero-order valence-electron chi connectivity index (χ0n) is 22.7. The van der Waals surface area contributed by atoms with Crippen LogP contribution in [0.4, 0.5) is 11.6 Å². The minimum atomic E-state index is -3.84. The van der Waals surface area contributed by atoms with E-state index in [1.54, 1.807) is 4.57 Å². The highest BCUT2D eigenvalue weighted by molar-refractivity contribution is 7.53. The van der Waals surface area contributed by atoms with Crippen LogP contribution in [0.25, 0.3) is 22.3 Å². The van der Waals surface area contributed by atoms with Gasteiger partial charge in [-0.3, -0.25) is 22.8 Å². The van der Waals surface area contributed by atoms with E-state index in [9.17, 15) is 14.2 Å². The molecule has 21 heteroatoms. The number of imidazole rings is 2. The van der Waals surface area contributed by atoms with Crippen molar-refractivity contribution >= 4 is 49.8 Å². The number of fused-ring (bicyclic) bond motifs is 4. The van der Waals surface area contributed by atoms with Gasteiger partial charge in [0.2, 0.25) is 0 Å². The van der Waals surface area contributed by atoms with E-state index in [0.717, 1.165) is 0 Å². The van der Waals surface area contributed by atoms with Crippen LogP contribution < -0.4 is 11.5 Å². The Hall–Kier alpha value is -3.12. The van der Waals surface area contributed by atoms with Crippen LogP contribution in [0.5, 0.6) is 0 Å². The standard InChI is InChI=1S/C22H28N10O9P2/c1-9-15-11(38-21(9)31-7-29-12-17(23)25-5-27-19(12)31)4-37-43(2,35)41-16-10(3-36-42(34)40-15)39-22(14(16)33)32-8-30-13-18(24)26-6-28-20(13)32/h5-11,14-16,21-22,33,42H,3-4H2,1-2H3,(H2,23,25,27)(H2,24,26,28)/t9-,10-,11-,14-,15+,16-,21-,22-,43+/m1/s1. The third-order valence-electron chi connectivity index (χ3n) is 7.66. The first kappa shape index (κ1) is 28.6. The lowest BCUT2D eigenvalue weighted by atomic mass is 10.0. The van der Waals surface area contributed by atoms with Crippen molar-refractivity contribution in [3.63, 3.8) is 0 Å². The lowest BCUT2D eigenvalue weighted by molar-refractivity contribution is -0.0556. The Labute approximate surface area is 243 Å². The van der Waals surface area contributed by atoms with Crippen molar-refractivity contribution in [2.45, 2.75) is 49.9 Å². The van der Waals surface area contributed by atoms with Crippen LogP contribution >= 0.6 is 15.9 Å². The molecule has 3 aliphatic heterocycles. The monoisotopic (exact) mass is 638 g/mol. The number of hydrogen-bond acceptors (Lipinski definition) is 17. The fourth-order valence-corrected chi connectivity index (χ4v) is 7.74. The van der Waals surface area contributed by atoms with Gasteiger partial charge in [0.15, 0.2) is 29.2 Å². The first-order valence-corrected chi connectivity index (χ1v) is 16.4. The van der Waals surface area contributed by atoms with Gasteiger partial charge in [-0.1, -0.05) is 6.92 Å². The molecule has 230 valence electrons. The second-order valence-corrected chi connectivity index (χ2v) is 13.5. The highest BCUT2D eigenvalue weighted by atomic mass is 31.2.